The van der Waals surface area contributed by atoms with E-state index in [2.05, 4.69) is 0 Å². The van der Waals surface area contributed by atoms with E-state index in [1.807, 2.05) is 0 Å². The van der Waals surface area contributed by atoms with Gasteiger partial charge in [0.2, 0.25) is 6.79 Å². The summed E-state index contributed by atoms with van der Waals surface area (Å²) in [6.45, 7) is 0.113. The van der Waals surface area contributed by atoms with Gasteiger partial charge in [-0.3, -0.25) is 14.4 Å². The minimum atomic E-state index is -1.54. The van der Waals surface area contributed by atoms with Crippen molar-refractivity contribution in [3.63, 3.8) is 0 Å². The van der Waals surface area contributed by atoms with Crippen LogP contribution in [-0.4, -0.2) is 38.7 Å². The Bertz CT molecular complexity index is 678. The number of Topliss-reactive ketones (excluding diaryl/α,β-unsaturated/α-hetero) is 1. The van der Waals surface area contributed by atoms with Gasteiger partial charge in [-0.15, -0.1) is 0 Å². The van der Waals surface area contributed by atoms with Crippen LogP contribution < -0.4 is 9.47 Å². The number of fused-ring (bicyclic) bond motifs is 1. The Kier molecular flexibility index (Phi) is 4.17. The summed E-state index contributed by atoms with van der Waals surface area (Å²) in [5.41, 5.74) is -0.895. The highest BCUT2D eigenvalue weighted by Crippen LogP contribution is 2.49. The molecule has 0 spiro atoms. The minimum absolute atomic E-state index is 0.0129. The van der Waals surface area contributed by atoms with E-state index in [0.717, 1.165) is 0 Å². The van der Waals surface area contributed by atoms with Gasteiger partial charge in [0, 0.05) is 18.8 Å². The van der Waals surface area contributed by atoms with Gasteiger partial charge in [0.05, 0.1) is 14.2 Å². The first-order valence-corrected chi connectivity index (χ1v) is 7.61. The van der Waals surface area contributed by atoms with Crippen LogP contribution in [0.4, 0.5) is 0 Å². The van der Waals surface area contributed by atoms with Crippen LogP contribution in [0.1, 0.15) is 30.7 Å². The molecule has 24 heavy (non-hydrogen) atoms. The largest absolute Gasteiger partial charge is 0.468 e. The first-order valence-electron chi connectivity index (χ1n) is 7.61. The van der Waals surface area contributed by atoms with Crippen molar-refractivity contribution in [3.05, 3.63) is 23.8 Å². The Morgan fingerprint density at radius 1 is 1.12 bits per heavy atom. The molecule has 1 aliphatic heterocycles. The third kappa shape index (κ3) is 2.40. The fraction of sp³-hybridized carbons (Fsp3) is 0.471. The van der Waals surface area contributed by atoms with Crippen molar-refractivity contribution in [2.24, 2.45) is 5.41 Å². The highest BCUT2D eigenvalue weighted by molar-refractivity contribution is 6.03. The lowest BCUT2D eigenvalue weighted by molar-refractivity contribution is -0.173. The lowest BCUT2D eigenvalue weighted by Crippen LogP contribution is -2.49. The van der Waals surface area contributed by atoms with Gasteiger partial charge < -0.3 is 18.9 Å². The van der Waals surface area contributed by atoms with E-state index in [4.69, 9.17) is 18.9 Å². The molecule has 0 aromatic heterocycles. The van der Waals surface area contributed by atoms with Gasteiger partial charge in [0.15, 0.2) is 16.9 Å². The molecule has 7 nitrogen and oxygen atoms in total. The first kappa shape index (κ1) is 16.3. The van der Waals surface area contributed by atoms with Crippen LogP contribution in [0.3, 0.4) is 0 Å². The third-order valence-electron chi connectivity index (χ3n) is 4.72. The molecular formula is C17H18O7. The lowest BCUT2D eigenvalue weighted by Gasteiger charge is -2.38. The SMILES string of the molecule is COC(=O)C1(C(=O)OC)CCC(=O)C[C@@H]1c1ccc2c(c1)OCO2. The molecule has 0 saturated heterocycles. The van der Waals surface area contributed by atoms with Crippen molar-refractivity contribution in [3.8, 4) is 11.5 Å². The van der Waals surface area contributed by atoms with E-state index >= 15 is 0 Å². The summed E-state index contributed by atoms with van der Waals surface area (Å²) in [5, 5.41) is 0. The van der Waals surface area contributed by atoms with E-state index in [0.29, 0.717) is 17.1 Å². The molecule has 0 amide bonds. The molecule has 1 aromatic carbocycles. The van der Waals surface area contributed by atoms with Crippen LogP contribution in [0.15, 0.2) is 18.2 Å². The molecule has 128 valence electrons. The van der Waals surface area contributed by atoms with Gasteiger partial charge in [0.25, 0.3) is 0 Å². The molecule has 1 aromatic rings. The predicted molar refractivity (Wildman–Crippen MR) is 80.6 cm³/mol. The normalized spacial score (nSPS) is 21.2. The highest BCUT2D eigenvalue weighted by atomic mass is 16.7. The summed E-state index contributed by atoms with van der Waals surface area (Å²) in [6, 6.07) is 5.14. The van der Waals surface area contributed by atoms with E-state index in [9.17, 15) is 14.4 Å². The van der Waals surface area contributed by atoms with Crippen molar-refractivity contribution in [1.29, 1.82) is 0 Å². The number of ketones is 1. The van der Waals surface area contributed by atoms with Gasteiger partial charge in [-0.25, -0.2) is 0 Å². The maximum atomic E-state index is 12.5. The number of hydrogen-bond donors (Lipinski definition) is 0. The Morgan fingerprint density at radius 2 is 1.79 bits per heavy atom. The van der Waals surface area contributed by atoms with E-state index in [-0.39, 0.29) is 31.8 Å². The molecule has 0 radical (unpaired) electrons. The number of carbonyl (C=O) groups is 3. The minimum Gasteiger partial charge on any atom is -0.468 e. The van der Waals surface area contributed by atoms with Crippen molar-refractivity contribution >= 4 is 17.7 Å². The summed E-state index contributed by atoms with van der Waals surface area (Å²) in [5.74, 6) is -0.958. The highest BCUT2D eigenvalue weighted by Gasteiger charge is 2.57. The van der Waals surface area contributed by atoms with Crippen LogP contribution >= 0.6 is 0 Å². The second kappa shape index (κ2) is 6.14. The third-order valence-corrected chi connectivity index (χ3v) is 4.72. The fourth-order valence-corrected chi connectivity index (χ4v) is 3.48. The molecule has 1 heterocycles. The summed E-state index contributed by atoms with van der Waals surface area (Å²) in [6.07, 6.45) is 0.249. The molecular weight excluding hydrogens is 316 g/mol. The monoisotopic (exact) mass is 334 g/mol. The van der Waals surface area contributed by atoms with Crippen LogP contribution in [-0.2, 0) is 23.9 Å². The molecule has 1 saturated carbocycles. The molecule has 1 fully saturated rings. The average Bonchev–Trinajstić information content (AvgIpc) is 3.08. The maximum absolute atomic E-state index is 12.5. The number of hydrogen-bond acceptors (Lipinski definition) is 7. The lowest BCUT2D eigenvalue weighted by atomic mass is 9.63. The summed E-state index contributed by atoms with van der Waals surface area (Å²) in [4.78, 5) is 37.1. The maximum Gasteiger partial charge on any atom is 0.323 e. The zero-order valence-corrected chi connectivity index (χ0v) is 13.5. The van der Waals surface area contributed by atoms with Crippen LogP contribution in [0, 0.1) is 5.41 Å². The van der Waals surface area contributed by atoms with Crippen LogP contribution in [0.25, 0.3) is 0 Å². The Balaban J connectivity index is 2.10. The first-order chi connectivity index (χ1) is 11.5. The molecule has 0 bridgehead atoms. The summed E-state index contributed by atoms with van der Waals surface area (Å²) >= 11 is 0. The summed E-state index contributed by atoms with van der Waals surface area (Å²) in [7, 11) is 2.44. The number of rotatable bonds is 3. The number of carbonyl (C=O) groups excluding carboxylic acids is 3. The number of methoxy groups -OCH3 is 2. The Morgan fingerprint density at radius 3 is 2.46 bits per heavy atom. The average molecular weight is 334 g/mol. The second-order valence-corrected chi connectivity index (χ2v) is 5.86. The standard InChI is InChI=1S/C17H18O7/c1-21-15(19)17(16(20)22-2)6-5-11(18)8-12(17)10-3-4-13-14(7-10)24-9-23-13/h3-4,7,12H,5-6,8-9H2,1-2H3/t12-/m1/s1. The van der Waals surface area contributed by atoms with Gasteiger partial charge in [-0.2, -0.15) is 0 Å². The predicted octanol–water partition coefficient (Wildman–Crippen LogP) is 1.58. The molecule has 1 atom stereocenters. The Hall–Kier alpha value is -2.57. The van der Waals surface area contributed by atoms with Gasteiger partial charge >= 0.3 is 11.9 Å². The quantitative estimate of drug-likeness (QED) is 0.612. The van der Waals surface area contributed by atoms with Gasteiger partial charge in [-0.05, 0) is 24.1 Å². The van der Waals surface area contributed by atoms with Crippen molar-refractivity contribution in [2.45, 2.75) is 25.2 Å². The van der Waals surface area contributed by atoms with Crippen molar-refractivity contribution in [2.75, 3.05) is 21.0 Å². The van der Waals surface area contributed by atoms with Gasteiger partial charge in [0.1, 0.15) is 5.78 Å². The fourth-order valence-electron chi connectivity index (χ4n) is 3.48. The molecule has 7 heteroatoms. The molecule has 0 N–H and O–H groups in total. The number of ether oxygens (including phenoxy) is 4. The summed E-state index contributed by atoms with van der Waals surface area (Å²) < 4.78 is 20.4. The number of benzene rings is 1. The molecule has 3 rings (SSSR count). The zero-order chi connectivity index (χ0) is 17.3. The molecule has 0 unspecified atom stereocenters. The van der Waals surface area contributed by atoms with Crippen LogP contribution in [0.2, 0.25) is 0 Å². The topological polar surface area (TPSA) is 88.1 Å². The van der Waals surface area contributed by atoms with E-state index in [1.165, 1.54) is 14.2 Å². The van der Waals surface area contributed by atoms with Gasteiger partial charge in [-0.1, -0.05) is 6.07 Å². The van der Waals surface area contributed by atoms with E-state index in [1.54, 1.807) is 18.2 Å². The molecule has 2 aliphatic rings. The zero-order valence-electron chi connectivity index (χ0n) is 13.5. The Labute approximate surface area is 138 Å². The smallest absolute Gasteiger partial charge is 0.323 e. The van der Waals surface area contributed by atoms with Crippen molar-refractivity contribution < 1.29 is 33.3 Å². The number of esters is 2. The van der Waals surface area contributed by atoms with Crippen LogP contribution in [0.5, 0.6) is 11.5 Å². The van der Waals surface area contributed by atoms with E-state index < -0.39 is 23.3 Å². The second-order valence-electron chi connectivity index (χ2n) is 5.86. The molecule has 1 aliphatic carbocycles. The van der Waals surface area contributed by atoms with Crippen molar-refractivity contribution in [1.82, 2.24) is 0 Å².